The zero-order valence-electron chi connectivity index (χ0n) is 16.2. The van der Waals surface area contributed by atoms with Gasteiger partial charge < -0.3 is 9.47 Å². The van der Waals surface area contributed by atoms with Gasteiger partial charge >= 0.3 is 0 Å². The largest absolute Gasteiger partial charge is 0.497 e. The van der Waals surface area contributed by atoms with Crippen molar-refractivity contribution in [2.45, 2.75) is 57.6 Å². The predicted molar refractivity (Wildman–Crippen MR) is 115 cm³/mol. The molecule has 144 valence electrons. The number of methoxy groups -OCH3 is 1. The van der Waals surface area contributed by atoms with Crippen molar-refractivity contribution in [1.29, 1.82) is 0 Å². The van der Waals surface area contributed by atoms with Crippen molar-refractivity contribution < 1.29 is 9.47 Å². The van der Waals surface area contributed by atoms with Crippen molar-refractivity contribution >= 4 is 21.8 Å². The van der Waals surface area contributed by atoms with Crippen LogP contribution in [0.5, 0.6) is 5.75 Å². The number of hydrogen-bond acceptors (Lipinski definition) is 3. The Morgan fingerprint density at radius 2 is 1.78 bits per heavy atom. The van der Waals surface area contributed by atoms with Crippen LogP contribution in [0, 0.1) is 0 Å². The van der Waals surface area contributed by atoms with Crippen LogP contribution in [0.25, 0.3) is 0 Å². The van der Waals surface area contributed by atoms with Gasteiger partial charge in [0.05, 0.1) is 13.2 Å². The maximum atomic E-state index is 6.30. The number of benzene rings is 2. The van der Waals surface area contributed by atoms with Crippen LogP contribution in [0.15, 0.2) is 58.0 Å². The van der Waals surface area contributed by atoms with Crippen molar-refractivity contribution in [2.75, 3.05) is 7.11 Å². The summed E-state index contributed by atoms with van der Waals surface area (Å²) in [4.78, 5) is 4.94. The molecule has 1 aliphatic heterocycles. The van der Waals surface area contributed by atoms with E-state index in [1.165, 1.54) is 31.2 Å². The minimum Gasteiger partial charge on any atom is -0.497 e. The highest BCUT2D eigenvalue weighted by atomic mass is 79.9. The second kappa shape index (κ2) is 9.93. The van der Waals surface area contributed by atoms with Crippen molar-refractivity contribution in [3.8, 4) is 5.75 Å². The van der Waals surface area contributed by atoms with Gasteiger partial charge in [-0.1, -0.05) is 54.2 Å². The van der Waals surface area contributed by atoms with E-state index in [-0.39, 0.29) is 12.1 Å². The maximum absolute atomic E-state index is 6.30. The standard InChI is InChI=1S/C23H28BrNO2/c1-3-4-5-6-7-21-16-22(17-8-12-19(24)13-9-17)25-23(27-21)18-10-14-20(26-2)15-11-18/h8-15,21-22H,3-7,16H2,1-2H3/t21-,22+/m0/s1. The van der Waals surface area contributed by atoms with Crippen LogP contribution in [0.2, 0.25) is 0 Å². The van der Waals surface area contributed by atoms with E-state index >= 15 is 0 Å². The molecule has 2 aromatic carbocycles. The molecule has 2 atom stereocenters. The number of ether oxygens (including phenoxy) is 2. The van der Waals surface area contributed by atoms with Crippen LogP contribution >= 0.6 is 15.9 Å². The average Bonchev–Trinajstić information content (AvgIpc) is 2.71. The van der Waals surface area contributed by atoms with Gasteiger partial charge in [0.15, 0.2) is 0 Å². The van der Waals surface area contributed by atoms with Crippen molar-refractivity contribution in [1.82, 2.24) is 0 Å². The first kappa shape index (κ1) is 19.9. The van der Waals surface area contributed by atoms with E-state index in [9.17, 15) is 0 Å². The molecule has 1 aliphatic rings. The van der Waals surface area contributed by atoms with Gasteiger partial charge in [-0.3, -0.25) is 0 Å². The predicted octanol–water partition coefficient (Wildman–Crippen LogP) is 6.70. The van der Waals surface area contributed by atoms with Gasteiger partial charge in [-0.05, 0) is 54.8 Å². The molecule has 0 spiro atoms. The number of nitrogens with zero attached hydrogens (tertiary/aromatic N) is 1. The fourth-order valence-electron chi connectivity index (χ4n) is 3.43. The Kier molecular flexibility index (Phi) is 7.33. The second-order valence-electron chi connectivity index (χ2n) is 7.05. The number of unbranched alkanes of at least 4 members (excludes halogenated alkanes) is 3. The van der Waals surface area contributed by atoms with Gasteiger partial charge in [0, 0.05) is 16.5 Å². The van der Waals surface area contributed by atoms with Crippen molar-refractivity contribution in [3.63, 3.8) is 0 Å². The Bertz CT molecular complexity index is 740. The Balaban J connectivity index is 1.80. The van der Waals surface area contributed by atoms with Gasteiger partial charge in [0.2, 0.25) is 5.90 Å². The molecule has 0 aliphatic carbocycles. The van der Waals surface area contributed by atoms with Gasteiger partial charge in [-0.2, -0.15) is 0 Å². The second-order valence-corrected chi connectivity index (χ2v) is 7.97. The van der Waals surface area contributed by atoms with Crippen molar-refractivity contribution in [3.05, 3.63) is 64.1 Å². The Morgan fingerprint density at radius 1 is 1.04 bits per heavy atom. The fraction of sp³-hybridized carbons (Fsp3) is 0.435. The van der Waals surface area contributed by atoms with Crippen LogP contribution in [0.3, 0.4) is 0 Å². The summed E-state index contributed by atoms with van der Waals surface area (Å²) >= 11 is 3.52. The zero-order chi connectivity index (χ0) is 19.1. The molecule has 0 fully saturated rings. The Labute approximate surface area is 170 Å². The lowest BCUT2D eigenvalue weighted by atomic mass is 9.96. The molecule has 0 saturated heterocycles. The maximum Gasteiger partial charge on any atom is 0.216 e. The highest BCUT2D eigenvalue weighted by Gasteiger charge is 2.26. The third-order valence-electron chi connectivity index (χ3n) is 5.01. The molecule has 0 N–H and O–H groups in total. The normalized spacial score (nSPS) is 19.3. The van der Waals surface area contributed by atoms with Crippen molar-refractivity contribution in [2.24, 2.45) is 4.99 Å². The summed E-state index contributed by atoms with van der Waals surface area (Å²) in [5.74, 6) is 1.59. The highest BCUT2D eigenvalue weighted by molar-refractivity contribution is 9.10. The number of halogens is 1. The summed E-state index contributed by atoms with van der Waals surface area (Å²) in [6.07, 6.45) is 7.27. The molecule has 3 rings (SSSR count). The van der Waals surface area contributed by atoms with Gasteiger partial charge in [-0.15, -0.1) is 0 Å². The van der Waals surface area contributed by atoms with E-state index in [1.807, 2.05) is 24.3 Å². The molecule has 27 heavy (non-hydrogen) atoms. The van der Waals surface area contributed by atoms with Crippen LogP contribution in [0.4, 0.5) is 0 Å². The number of aliphatic imine (C=N–C) groups is 1. The third-order valence-corrected chi connectivity index (χ3v) is 5.54. The van der Waals surface area contributed by atoms with Gasteiger partial charge in [0.1, 0.15) is 11.9 Å². The summed E-state index contributed by atoms with van der Waals surface area (Å²) in [6.45, 7) is 2.25. The van der Waals surface area contributed by atoms with Gasteiger partial charge in [-0.25, -0.2) is 4.99 Å². The molecule has 0 amide bonds. The van der Waals surface area contributed by atoms with E-state index in [1.54, 1.807) is 7.11 Å². The SMILES string of the molecule is CCCCCC[C@H]1C[C@H](c2ccc(Br)cc2)N=C(c2ccc(OC)cc2)O1. The van der Waals surface area contributed by atoms with E-state index < -0.39 is 0 Å². The zero-order valence-corrected chi connectivity index (χ0v) is 17.7. The molecule has 0 saturated carbocycles. The Hall–Kier alpha value is -1.81. The van der Waals surface area contributed by atoms with Crippen LogP contribution in [-0.4, -0.2) is 19.1 Å². The molecule has 3 nitrogen and oxygen atoms in total. The van der Waals surface area contributed by atoms with E-state index in [2.05, 4.69) is 47.1 Å². The number of hydrogen-bond donors (Lipinski definition) is 0. The molecular weight excluding hydrogens is 402 g/mol. The topological polar surface area (TPSA) is 30.8 Å². The average molecular weight is 430 g/mol. The molecule has 0 radical (unpaired) electrons. The highest BCUT2D eigenvalue weighted by Crippen LogP contribution is 2.32. The van der Waals surface area contributed by atoms with E-state index in [0.717, 1.165) is 34.5 Å². The Morgan fingerprint density at radius 3 is 2.44 bits per heavy atom. The third kappa shape index (κ3) is 5.58. The molecular formula is C23H28BrNO2. The first-order chi connectivity index (χ1) is 13.2. The van der Waals surface area contributed by atoms with Gasteiger partial charge in [0.25, 0.3) is 0 Å². The summed E-state index contributed by atoms with van der Waals surface area (Å²) in [6, 6.07) is 16.6. The minimum absolute atomic E-state index is 0.139. The molecule has 0 bridgehead atoms. The van der Waals surface area contributed by atoms with Crippen LogP contribution in [-0.2, 0) is 4.74 Å². The first-order valence-electron chi connectivity index (χ1n) is 9.84. The van der Waals surface area contributed by atoms with E-state index in [0.29, 0.717) is 0 Å². The lowest BCUT2D eigenvalue weighted by Crippen LogP contribution is -2.27. The van der Waals surface area contributed by atoms with Crippen LogP contribution in [0.1, 0.15) is 62.6 Å². The lowest BCUT2D eigenvalue weighted by molar-refractivity contribution is 0.138. The summed E-state index contributed by atoms with van der Waals surface area (Å²) in [5, 5.41) is 0. The number of rotatable bonds is 8. The smallest absolute Gasteiger partial charge is 0.216 e. The molecule has 1 heterocycles. The molecule has 0 aromatic heterocycles. The summed E-state index contributed by atoms with van der Waals surface area (Å²) in [5.41, 5.74) is 2.25. The summed E-state index contributed by atoms with van der Waals surface area (Å²) < 4.78 is 12.7. The monoisotopic (exact) mass is 429 g/mol. The quantitative estimate of drug-likeness (QED) is 0.436. The minimum atomic E-state index is 0.139. The first-order valence-corrected chi connectivity index (χ1v) is 10.6. The van der Waals surface area contributed by atoms with E-state index in [4.69, 9.17) is 14.5 Å². The van der Waals surface area contributed by atoms with Crippen LogP contribution < -0.4 is 4.74 Å². The summed E-state index contributed by atoms with van der Waals surface area (Å²) in [7, 11) is 1.68. The lowest BCUT2D eigenvalue weighted by Gasteiger charge is -2.29. The fourth-order valence-corrected chi connectivity index (χ4v) is 3.69. The molecule has 0 unspecified atom stereocenters. The molecule has 4 heteroatoms. The molecule has 2 aromatic rings.